The minimum absolute atomic E-state index is 0.0515. The van der Waals surface area contributed by atoms with Crippen molar-refractivity contribution >= 4 is 41.0 Å². The Morgan fingerprint density at radius 2 is 1.78 bits per heavy atom. The van der Waals surface area contributed by atoms with Gasteiger partial charge in [0.1, 0.15) is 11.1 Å². The van der Waals surface area contributed by atoms with E-state index in [1.165, 1.54) is 6.08 Å². The summed E-state index contributed by atoms with van der Waals surface area (Å²) in [4.78, 5) is 26.7. The van der Waals surface area contributed by atoms with Crippen LogP contribution in [0.2, 0.25) is 0 Å². The van der Waals surface area contributed by atoms with Crippen LogP contribution in [0.15, 0.2) is 84.9 Å². The molecule has 2 amide bonds. The number of para-hydroxylation sites is 2. The predicted molar refractivity (Wildman–Crippen MR) is 131 cm³/mol. The molecular weight excluding hydrogens is 420 g/mol. The maximum Gasteiger partial charge on any atom is 0.248 e. The second kappa shape index (κ2) is 10.2. The van der Waals surface area contributed by atoms with Gasteiger partial charge in [-0.1, -0.05) is 54.6 Å². The molecule has 0 bridgehead atoms. The summed E-state index contributed by atoms with van der Waals surface area (Å²) in [5.74, 6) is 0.966. The number of hydrogen-bond acceptors (Lipinski definition) is 4. The molecule has 4 rings (SSSR count). The lowest BCUT2D eigenvalue weighted by Crippen LogP contribution is -2.28. The minimum atomic E-state index is -0.195. The smallest absolute Gasteiger partial charge is 0.248 e. The highest BCUT2D eigenvalue weighted by Gasteiger charge is 2.35. The fraction of sp³-hybridized carbons (Fsp3) is 0.154. The third kappa shape index (κ3) is 5.03. The van der Waals surface area contributed by atoms with Crippen molar-refractivity contribution < 1.29 is 14.3 Å². The highest BCUT2D eigenvalue weighted by Crippen LogP contribution is 2.44. The molecule has 32 heavy (non-hydrogen) atoms. The third-order valence-corrected chi connectivity index (χ3v) is 6.19. The van der Waals surface area contributed by atoms with E-state index >= 15 is 0 Å². The number of amides is 2. The number of benzene rings is 3. The van der Waals surface area contributed by atoms with Crippen molar-refractivity contribution in [3.05, 3.63) is 96.1 Å². The summed E-state index contributed by atoms with van der Waals surface area (Å²) in [6, 6.07) is 24.9. The van der Waals surface area contributed by atoms with Crippen LogP contribution in [-0.2, 0) is 9.59 Å². The van der Waals surface area contributed by atoms with Crippen LogP contribution in [-0.4, -0.2) is 24.2 Å². The topological polar surface area (TPSA) is 58.6 Å². The van der Waals surface area contributed by atoms with Crippen LogP contribution in [0.1, 0.15) is 23.4 Å². The van der Waals surface area contributed by atoms with E-state index in [0.29, 0.717) is 23.8 Å². The summed E-state index contributed by atoms with van der Waals surface area (Å²) in [7, 11) is 0. The molecule has 162 valence electrons. The SMILES string of the molecule is CCOc1ccccc1N1C(=O)CS[C@H]1c1ccc(NC(=O)/C=C/c2ccccc2)cc1. The van der Waals surface area contributed by atoms with E-state index in [4.69, 9.17) is 4.74 Å². The van der Waals surface area contributed by atoms with Crippen LogP contribution in [0, 0.1) is 0 Å². The average molecular weight is 445 g/mol. The van der Waals surface area contributed by atoms with Gasteiger partial charge in [-0.15, -0.1) is 11.8 Å². The quantitative estimate of drug-likeness (QED) is 0.488. The molecule has 1 aliphatic rings. The Hall–Kier alpha value is -3.51. The second-order valence-corrected chi connectivity index (χ2v) is 8.25. The fourth-order valence-corrected chi connectivity index (χ4v) is 4.69. The number of rotatable bonds is 7. The minimum Gasteiger partial charge on any atom is -0.492 e. The standard InChI is InChI=1S/C26H24N2O3S/c1-2-31-23-11-7-6-10-22(23)28-25(30)18-32-26(28)20-13-15-21(16-14-20)27-24(29)17-12-19-8-4-3-5-9-19/h3-17,26H,2,18H2,1H3,(H,27,29)/b17-12+/t26-/m0/s1. The second-order valence-electron chi connectivity index (χ2n) is 7.18. The molecule has 1 aliphatic heterocycles. The Morgan fingerprint density at radius 1 is 1.06 bits per heavy atom. The van der Waals surface area contributed by atoms with Crippen molar-refractivity contribution in [2.75, 3.05) is 22.6 Å². The molecule has 1 fully saturated rings. The van der Waals surface area contributed by atoms with Crippen molar-refractivity contribution in [2.24, 2.45) is 0 Å². The third-order valence-electron chi connectivity index (χ3n) is 4.98. The van der Waals surface area contributed by atoms with Gasteiger partial charge in [0, 0.05) is 11.8 Å². The highest BCUT2D eigenvalue weighted by atomic mass is 32.2. The van der Waals surface area contributed by atoms with Gasteiger partial charge in [-0.3, -0.25) is 14.5 Å². The zero-order chi connectivity index (χ0) is 22.3. The van der Waals surface area contributed by atoms with Crippen molar-refractivity contribution in [1.82, 2.24) is 0 Å². The van der Waals surface area contributed by atoms with Gasteiger partial charge in [-0.25, -0.2) is 0 Å². The lowest BCUT2D eigenvalue weighted by molar-refractivity contribution is -0.116. The average Bonchev–Trinajstić information content (AvgIpc) is 3.20. The zero-order valence-electron chi connectivity index (χ0n) is 17.7. The lowest BCUT2D eigenvalue weighted by atomic mass is 10.1. The normalized spacial score (nSPS) is 15.8. The van der Waals surface area contributed by atoms with Crippen LogP contribution in [0.25, 0.3) is 6.08 Å². The predicted octanol–water partition coefficient (Wildman–Crippen LogP) is 5.52. The number of hydrogen-bond donors (Lipinski definition) is 1. The van der Waals surface area contributed by atoms with Crippen molar-refractivity contribution in [1.29, 1.82) is 0 Å². The molecule has 0 unspecified atom stereocenters. The molecule has 0 aliphatic carbocycles. The molecule has 1 saturated heterocycles. The van der Waals surface area contributed by atoms with Crippen LogP contribution < -0.4 is 15.0 Å². The number of ether oxygens (including phenoxy) is 1. The summed E-state index contributed by atoms with van der Waals surface area (Å²) < 4.78 is 5.74. The highest BCUT2D eigenvalue weighted by molar-refractivity contribution is 8.00. The first-order chi connectivity index (χ1) is 15.7. The van der Waals surface area contributed by atoms with E-state index in [9.17, 15) is 9.59 Å². The van der Waals surface area contributed by atoms with Gasteiger partial charge in [0.05, 0.1) is 18.0 Å². The van der Waals surface area contributed by atoms with E-state index in [1.54, 1.807) is 22.7 Å². The summed E-state index contributed by atoms with van der Waals surface area (Å²) in [6.07, 6.45) is 3.29. The summed E-state index contributed by atoms with van der Waals surface area (Å²) in [5, 5.41) is 2.73. The number of thioether (sulfide) groups is 1. The molecule has 0 aromatic heterocycles. The molecule has 0 spiro atoms. The van der Waals surface area contributed by atoms with E-state index in [-0.39, 0.29) is 17.2 Å². The van der Waals surface area contributed by atoms with Gasteiger partial charge in [-0.2, -0.15) is 0 Å². The van der Waals surface area contributed by atoms with Gasteiger partial charge in [0.25, 0.3) is 0 Å². The van der Waals surface area contributed by atoms with Crippen LogP contribution in [0.3, 0.4) is 0 Å². The fourth-order valence-electron chi connectivity index (χ4n) is 3.52. The Labute approximate surface area is 192 Å². The summed E-state index contributed by atoms with van der Waals surface area (Å²) in [6.45, 7) is 2.46. The first-order valence-electron chi connectivity index (χ1n) is 10.5. The molecule has 6 heteroatoms. The monoisotopic (exact) mass is 444 g/mol. The van der Waals surface area contributed by atoms with E-state index < -0.39 is 0 Å². The molecule has 0 saturated carbocycles. The summed E-state index contributed by atoms with van der Waals surface area (Å²) in [5.41, 5.74) is 3.43. The Balaban J connectivity index is 1.48. The first-order valence-corrected chi connectivity index (χ1v) is 11.5. The first kappa shape index (κ1) is 21.7. The zero-order valence-corrected chi connectivity index (χ0v) is 18.5. The lowest BCUT2D eigenvalue weighted by Gasteiger charge is -2.26. The molecule has 5 nitrogen and oxygen atoms in total. The molecule has 0 radical (unpaired) electrons. The van der Waals surface area contributed by atoms with Crippen LogP contribution in [0.5, 0.6) is 5.75 Å². The maximum absolute atomic E-state index is 12.7. The molecule has 1 N–H and O–H groups in total. The number of anilines is 2. The number of carbonyl (C=O) groups excluding carboxylic acids is 2. The van der Waals surface area contributed by atoms with E-state index in [1.807, 2.05) is 85.8 Å². The number of nitrogens with one attached hydrogen (secondary N) is 1. The van der Waals surface area contributed by atoms with Gasteiger partial charge >= 0.3 is 0 Å². The molecule has 1 atom stereocenters. The Kier molecular flexibility index (Phi) is 6.92. The van der Waals surface area contributed by atoms with E-state index in [2.05, 4.69) is 5.32 Å². The van der Waals surface area contributed by atoms with Gasteiger partial charge in [0.15, 0.2) is 0 Å². The molecule has 3 aromatic carbocycles. The van der Waals surface area contributed by atoms with Crippen LogP contribution in [0.4, 0.5) is 11.4 Å². The molecule has 3 aromatic rings. The molecule has 1 heterocycles. The number of nitrogens with zero attached hydrogens (tertiary/aromatic N) is 1. The van der Waals surface area contributed by atoms with Gasteiger partial charge in [-0.05, 0) is 48.4 Å². The van der Waals surface area contributed by atoms with Gasteiger partial charge in [0.2, 0.25) is 11.8 Å². The van der Waals surface area contributed by atoms with Crippen molar-refractivity contribution in [3.63, 3.8) is 0 Å². The largest absolute Gasteiger partial charge is 0.492 e. The van der Waals surface area contributed by atoms with Crippen molar-refractivity contribution in [2.45, 2.75) is 12.3 Å². The van der Waals surface area contributed by atoms with Gasteiger partial charge < -0.3 is 10.1 Å². The Morgan fingerprint density at radius 3 is 2.53 bits per heavy atom. The Bertz CT molecular complexity index is 1110. The van der Waals surface area contributed by atoms with E-state index in [0.717, 1.165) is 16.8 Å². The maximum atomic E-state index is 12.7. The van der Waals surface area contributed by atoms with Crippen molar-refractivity contribution in [3.8, 4) is 5.75 Å². The van der Waals surface area contributed by atoms with Crippen LogP contribution >= 0.6 is 11.8 Å². The number of carbonyl (C=O) groups is 2. The molecular formula is C26H24N2O3S. The summed E-state index contributed by atoms with van der Waals surface area (Å²) >= 11 is 1.58.